The van der Waals surface area contributed by atoms with Gasteiger partial charge in [0.25, 0.3) is 5.91 Å². The van der Waals surface area contributed by atoms with Crippen molar-refractivity contribution in [2.75, 3.05) is 29.0 Å². The molecule has 0 bridgehead atoms. The number of para-hydroxylation sites is 2. The molecule has 2 unspecified atom stereocenters. The maximum absolute atomic E-state index is 12.3. The highest BCUT2D eigenvalue weighted by Gasteiger charge is 2.23. The summed E-state index contributed by atoms with van der Waals surface area (Å²) in [5.74, 6) is 0.681. The summed E-state index contributed by atoms with van der Waals surface area (Å²) in [6.07, 6.45) is 1.61. The van der Waals surface area contributed by atoms with Crippen LogP contribution in [0.1, 0.15) is 24.2 Å². The van der Waals surface area contributed by atoms with Gasteiger partial charge in [0.2, 0.25) is 0 Å². The third-order valence-electron chi connectivity index (χ3n) is 4.28. The molecule has 2 aromatic rings. The topological polar surface area (TPSA) is 83.3 Å². The molecule has 0 spiro atoms. The molecule has 2 atom stereocenters. The third kappa shape index (κ3) is 3.49. The van der Waals surface area contributed by atoms with Crippen LogP contribution in [-0.2, 0) is 0 Å². The molecule has 6 heteroatoms. The van der Waals surface area contributed by atoms with Gasteiger partial charge in [-0.25, -0.2) is 4.98 Å². The Morgan fingerprint density at radius 1 is 1.29 bits per heavy atom. The number of carbonyl (C=O) groups is 1. The Bertz CT molecular complexity index is 716. The van der Waals surface area contributed by atoms with E-state index >= 15 is 0 Å². The molecule has 6 nitrogen and oxygen atoms in total. The second-order valence-corrected chi connectivity index (χ2v) is 6.26. The molecule has 1 saturated heterocycles. The Hall–Kier alpha value is -2.60. The van der Waals surface area contributed by atoms with Crippen LogP contribution in [0, 0.1) is 0 Å². The van der Waals surface area contributed by atoms with Gasteiger partial charge < -0.3 is 21.3 Å². The van der Waals surface area contributed by atoms with Crippen LogP contribution in [0.2, 0.25) is 0 Å². The number of hydrogen-bond donors (Lipinski definition) is 3. The summed E-state index contributed by atoms with van der Waals surface area (Å²) in [6, 6.07) is 11.7. The molecule has 1 aliphatic rings. The van der Waals surface area contributed by atoms with Crippen LogP contribution in [-0.4, -0.2) is 36.1 Å². The van der Waals surface area contributed by atoms with Gasteiger partial charge in [-0.2, -0.15) is 0 Å². The monoisotopic (exact) mass is 325 g/mol. The lowest BCUT2D eigenvalue weighted by Gasteiger charge is -2.38. The summed E-state index contributed by atoms with van der Waals surface area (Å²) >= 11 is 0. The van der Waals surface area contributed by atoms with Crippen LogP contribution >= 0.6 is 0 Å². The van der Waals surface area contributed by atoms with E-state index in [1.54, 1.807) is 24.4 Å². The van der Waals surface area contributed by atoms with Gasteiger partial charge in [0, 0.05) is 31.4 Å². The van der Waals surface area contributed by atoms with Gasteiger partial charge in [0.15, 0.2) is 0 Å². The molecule has 4 N–H and O–H groups in total. The van der Waals surface area contributed by atoms with Crippen LogP contribution in [0.15, 0.2) is 42.6 Å². The molecular weight excluding hydrogens is 302 g/mol. The number of piperazine rings is 1. The van der Waals surface area contributed by atoms with Crippen LogP contribution in [0.25, 0.3) is 0 Å². The Kier molecular flexibility index (Phi) is 4.66. The zero-order valence-electron chi connectivity index (χ0n) is 14.0. The average Bonchev–Trinajstić information content (AvgIpc) is 2.59. The van der Waals surface area contributed by atoms with Gasteiger partial charge >= 0.3 is 0 Å². The number of anilines is 3. The normalized spacial score (nSPS) is 20.7. The standard InChI is InChI=1S/C18H23N5O/c1-12-11-23(13(2)9-20-12)17-8-7-14(10-21-17)18(24)22-16-6-4-3-5-15(16)19/h3-8,10,12-13,20H,9,11,19H2,1-2H3,(H,22,24). The number of pyridine rings is 1. The number of nitrogens with one attached hydrogen (secondary N) is 2. The van der Waals surface area contributed by atoms with Gasteiger partial charge in [-0.15, -0.1) is 0 Å². The lowest BCUT2D eigenvalue weighted by atomic mass is 10.1. The number of hydrogen-bond acceptors (Lipinski definition) is 5. The minimum absolute atomic E-state index is 0.214. The van der Waals surface area contributed by atoms with Crippen LogP contribution in [0.4, 0.5) is 17.2 Å². The Morgan fingerprint density at radius 3 is 2.79 bits per heavy atom. The summed E-state index contributed by atoms with van der Waals surface area (Å²) in [5.41, 5.74) is 7.51. The molecule has 3 rings (SSSR count). The summed E-state index contributed by atoms with van der Waals surface area (Å²) < 4.78 is 0. The van der Waals surface area contributed by atoms with Crippen molar-refractivity contribution in [3.05, 3.63) is 48.2 Å². The van der Waals surface area contributed by atoms with Crippen molar-refractivity contribution in [1.82, 2.24) is 10.3 Å². The van der Waals surface area contributed by atoms with Crippen molar-refractivity contribution in [3.63, 3.8) is 0 Å². The van der Waals surface area contributed by atoms with E-state index in [1.807, 2.05) is 18.2 Å². The zero-order chi connectivity index (χ0) is 17.1. The Morgan fingerprint density at radius 2 is 2.08 bits per heavy atom. The van der Waals surface area contributed by atoms with E-state index in [4.69, 9.17) is 5.73 Å². The van der Waals surface area contributed by atoms with Crippen molar-refractivity contribution in [2.24, 2.45) is 0 Å². The quantitative estimate of drug-likeness (QED) is 0.753. The van der Waals surface area contributed by atoms with Crippen molar-refractivity contribution < 1.29 is 4.79 Å². The van der Waals surface area contributed by atoms with E-state index in [9.17, 15) is 4.79 Å². The van der Waals surface area contributed by atoms with E-state index in [-0.39, 0.29) is 5.91 Å². The van der Waals surface area contributed by atoms with Gasteiger partial charge in [-0.05, 0) is 38.1 Å². The maximum Gasteiger partial charge on any atom is 0.257 e. The minimum Gasteiger partial charge on any atom is -0.397 e. The first kappa shape index (κ1) is 16.3. The summed E-state index contributed by atoms with van der Waals surface area (Å²) in [7, 11) is 0. The molecule has 1 fully saturated rings. The largest absolute Gasteiger partial charge is 0.397 e. The van der Waals surface area contributed by atoms with E-state index in [1.165, 1.54) is 0 Å². The molecule has 0 radical (unpaired) electrons. The molecule has 1 amide bonds. The third-order valence-corrected chi connectivity index (χ3v) is 4.28. The molecule has 1 aromatic carbocycles. The second-order valence-electron chi connectivity index (χ2n) is 6.26. The molecule has 0 aliphatic carbocycles. The molecule has 2 heterocycles. The summed E-state index contributed by atoms with van der Waals surface area (Å²) in [6.45, 7) is 6.16. The van der Waals surface area contributed by atoms with E-state index < -0.39 is 0 Å². The molecule has 1 aliphatic heterocycles. The molecule has 24 heavy (non-hydrogen) atoms. The van der Waals surface area contributed by atoms with Gasteiger partial charge in [-0.3, -0.25) is 4.79 Å². The van der Waals surface area contributed by atoms with Crippen LogP contribution in [0.5, 0.6) is 0 Å². The van der Waals surface area contributed by atoms with Crippen molar-refractivity contribution in [2.45, 2.75) is 25.9 Å². The zero-order valence-corrected chi connectivity index (χ0v) is 14.0. The maximum atomic E-state index is 12.3. The SMILES string of the molecule is CC1CN(c2ccc(C(=O)Nc3ccccc3N)cn2)C(C)CN1. The summed E-state index contributed by atoms with van der Waals surface area (Å²) in [5, 5.41) is 6.26. The lowest BCUT2D eigenvalue weighted by Crippen LogP contribution is -2.54. The van der Waals surface area contributed by atoms with Gasteiger partial charge in [0.05, 0.1) is 16.9 Å². The lowest BCUT2D eigenvalue weighted by molar-refractivity contribution is 0.102. The first-order chi connectivity index (χ1) is 11.5. The fraction of sp³-hybridized carbons (Fsp3) is 0.333. The second kappa shape index (κ2) is 6.88. The predicted molar refractivity (Wildman–Crippen MR) is 97.3 cm³/mol. The van der Waals surface area contributed by atoms with Crippen LogP contribution in [0.3, 0.4) is 0 Å². The van der Waals surface area contributed by atoms with Gasteiger partial charge in [0.1, 0.15) is 5.82 Å². The molecule has 1 aromatic heterocycles. The van der Waals surface area contributed by atoms with Crippen molar-refractivity contribution >= 4 is 23.1 Å². The van der Waals surface area contributed by atoms with Crippen LogP contribution < -0.4 is 21.3 Å². The van der Waals surface area contributed by atoms with E-state index in [2.05, 4.69) is 34.4 Å². The number of benzene rings is 1. The highest BCUT2D eigenvalue weighted by Crippen LogP contribution is 2.20. The predicted octanol–water partition coefficient (Wildman–Crippen LogP) is 2.10. The number of carbonyl (C=O) groups excluding carboxylic acids is 1. The number of amides is 1. The first-order valence-corrected chi connectivity index (χ1v) is 8.16. The molecule has 0 saturated carbocycles. The summed E-state index contributed by atoms with van der Waals surface area (Å²) in [4.78, 5) is 19.1. The first-order valence-electron chi connectivity index (χ1n) is 8.16. The van der Waals surface area contributed by atoms with E-state index in [0.29, 0.717) is 29.0 Å². The van der Waals surface area contributed by atoms with Crippen molar-refractivity contribution in [1.29, 1.82) is 0 Å². The highest BCUT2D eigenvalue weighted by atomic mass is 16.1. The fourth-order valence-corrected chi connectivity index (χ4v) is 2.84. The number of nitrogens with two attached hydrogens (primary N) is 1. The minimum atomic E-state index is -0.214. The Labute approximate surface area is 142 Å². The smallest absolute Gasteiger partial charge is 0.257 e. The van der Waals surface area contributed by atoms with Crippen molar-refractivity contribution in [3.8, 4) is 0 Å². The van der Waals surface area contributed by atoms with Gasteiger partial charge in [-0.1, -0.05) is 12.1 Å². The fourth-order valence-electron chi connectivity index (χ4n) is 2.84. The highest BCUT2D eigenvalue weighted by molar-refractivity contribution is 6.05. The number of rotatable bonds is 3. The number of aromatic nitrogens is 1. The average molecular weight is 325 g/mol. The molecular formula is C18H23N5O. The van der Waals surface area contributed by atoms with E-state index in [0.717, 1.165) is 18.9 Å². The number of nitrogen functional groups attached to an aromatic ring is 1. The number of nitrogens with zero attached hydrogens (tertiary/aromatic N) is 2. The Balaban J connectivity index is 1.72. The molecule has 126 valence electrons.